The number of benzene rings is 2. The minimum Gasteiger partial charge on any atom is -0.454 e. The van der Waals surface area contributed by atoms with Crippen LogP contribution in [0.1, 0.15) is 39.8 Å². The summed E-state index contributed by atoms with van der Waals surface area (Å²) in [7, 11) is -1.91. The summed E-state index contributed by atoms with van der Waals surface area (Å²) in [6.45, 7) is 2.94. The van der Waals surface area contributed by atoms with Crippen molar-refractivity contribution in [1.29, 1.82) is 0 Å². The average molecular weight is 483 g/mol. The maximum absolute atomic E-state index is 13.3. The Morgan fingerprint density at radius 2 is 1.82 bits per heavy atom. The lowest BCUT2D eigenvalue weighted by molar-refractivity contribution is 0.0943. The minimum absolute atomic E-state index is 0.105. The van der Waals surface area contributed by atoms with Crippen molar-refractivity contribution in [1.82, 2.24) is 19.4 Å². The number of hydrogen-bond acceptors (Lipinski definition) is 6. The fraction of sp³-hybridized carbons (Fsp3) is 0.333. The van der Waals surface area contributed by atoms with E-state index in [1.807, 2.05) is 37.3 Å². The number of amides is 1. The van der Waals surface area contributed by atoms with Gasteiger partial charge in [0.15, 0.2) is 17.2 Å². The van der Waals surface area contributed by atoms with Crippen molar-refractivity contribution in [3.8, 4) is 11.5 Å². The molecule has 1 aromatic heterocycles. The van der Waals surface area contributed by atoms with Gasteiger partial charge in [0.05, 0.1) is 4.90 Å². The number of aromatic nitrogens is 2. The Kier molecular flexibility index (Phi) is 5.78. The molecule has 34 heavy (non-hydrogen) atoms. The molecule has 1 amide bonds. The predicted molar refractivity (Wildman–Crippen MR) is 124 cm³/mol. The van der Waals surface area contributed by atoms with E-state index in [2.05, 4.69) is 10.4 Å². The fourth-order valence-electron chi connectivity index (χ4n) is 4.32. The normalized spacial score (nSPS) is 15.2. The van der Waals surface area contributed by atoms with Crippen molar-refractivity contribution >= 4 is 15.9 Å². The van der Waals surface area contributed by atoms with Crippen molar-refractivity contribution in [3.63, 3.8) is 0 Å². The first kappa shape index (κ1) is 22.4. The van der Waals surface area contributed by atoms with E-state index in [-0.39, 0.29) is 36.4 Å². The second-order valence-electron chi connectivity index (χ2n) is 8.35. The van der Waals surface area contributed by atoms with E-state index < -0.39 is 10.0 Å². The van der Waals surface area contributed by atoms with Crippen LogP contribution in [0.15, 0.2) is 47.4 Å². The summed E-state index contributed by atoms with van der Waals surface area (Å²) in [6.07, 6.45) is 1.33. The van der Waals surface area contributed by atoms with E-state index in [1.165, 1.54) is 4.31 Å². The maximum Gasteiger partial charge on any atom is 0.272 e. The first-order valence-corrected chi connectivity index (χ1v) is 12.6. The van der Waals surface area contributed by atoms with Crippen LogP contribution in [0, 0.1) is 0 Å². The Hall–Kier alpha value is -3.37. The molecule has 2 aliphatic rings. The molecule has 0 bridgehead atoms. The van der Waals surface area contributed by atoms with Crippen LogP contribution >= 0.6 is 0 Å². The van der Waals surface area contributed by atoms with Gasteiger partial charge in [-0.3, -0.25) is 9.48 Å². The van der Waals surface area contributed by atoms with Gasteiger partial charge in [-0.25, -0.2) is 8.42 Å². The molecule has 0 saturated carbocycles. The van der Waals surface area contributed by atoms with Crippen LogP contribution in [0.25, 0.3) is 0 Å². The fourth-order valence-corrected chi connectivity index (χ4v) is 5.73. The Balaban J connectivity index is 1.34. The van der Waals surface area contributed by atoms with Crippen LogP contribution in [0.4, 0.5) is 0 Å². The van der Waals surface area contributed by atoms with E-state index in [0.29, 0.717) is 30.0 Å². The van der Waals surface area contributed by atoms with Gasteiger partial charge in [0.1, 0.15) is 0 Å². The lowest BCUT2D eigenvalue weighted by atomic mass is 10.1. The topological polar surface area (TPSA) is 103 Å². The summed E-state index contributed by atoms with van der Waals surface area (Å²) in [6, 6.07) is 12.5. The second kappa shape index (κ2) is 8.77. The van der Waals surface area contributed by atoms with Crippen LogP contribution < -0.4 is 14.8 Å². The van der Waals surface area contributed by atoms with Gasteiger partial charge < -0.3 is 14.8 Å². The second-order valence-corrected chi connectivity index (χ2v) is 10.3. The molecule has 0 fully saturated rings. The zero-order valence-corrected chi connectivity index (χ0v) is 19.9. The van der Waals surface area contributed by atoms with Crippen molar-refractivity contribution in [2.24, 2.45) is 7.05 Å². The summed E-state index contributed by atoms with van der Waals surface area (Å²) >= 11 is 0. The molecule has 0 radical (unpaired) electrons. The zero-order valence-electron chi connectivity index (χ0n) is 19.1. The number of rotatable bonds is 6. The highest BCUT2D eigenvalue weighted by Crippen LogP contribution is 2.32. The largest absolute Gasteiger partial charge is 0.454 e. The standard InChI is InChI=1S/C24H26N4O5S/c1-3-16-4-7-18(8-5-16)34(30,31)28-11-10-20-19(14-28)23(26-27(20)2)24(29)25-13-17-6-9-21-22(12-17)33-15-32-21/h4-9,12H,3,10-11,13-15H2,1-2H3,(H,25,29). The Morgan fingerprint density at radius 3 is 2.59 bits per heavy atom. The molecule has 0 atom stereocenters. The summed E-state index contributed by atoms with van der Waals surface area (Å²) in [5.74, 6) is 0.982. The molecule has 178 valence electrons. The number of ether oxygens (including phenoxy) is 2. The highest BCUT2D eigenvalue weighted by molar-refractivity contribution is 7.89. The first-order valence-electron chi connectivity index (χ1n) is 11.2. The molecule has 0 saturated heterocycles. The number of carbonyl (C=O) groups excluding carboxylic acids is 1. The molecule has 3 heterocycles. The molecule has 0 unspecified atom stereocenters. The number of carbonyl (C=O) groups is 1. The lowest BCUT2D eigenvalue weighted by Crippen LogP contribution is -2.37. The van der Waals surface area contributed by atoms with Gasteiger partial charge in [-0.05, 0) is 41.8 Å². The van der Waals surface area contributed by atoms with Crippen molar-refractivity contribution < 1.29 is 22.7 Å². The number of nitrogens with zero attached hydrogens (tertiary/aromatic N) is 3. The molecule has 10 heteroatoms. The van der Waals surface area contributed by atoms with E-state index in [4.69, 9.17) is 9.47 Å². The van der Waals surface area contributed by atoms with Crippen LogP contribution in [0.3, 0.4) is 0 Å². The van der Waals surface area contributed by atoms with Gasteiger partial charge in [0, 0.05) is 44.4 Å². The van der Waals surface area contributed by atoms with Gasteiger partial charge in [-0.2, -0.15) is 9.40 Å². The highest BCUT2D eigenvalue weighted by atomic mass is 32.2. The monoisotopic (exact) mass is 482 g/mol. The highest BCUT2D eigenvalue weighted by Gasteiger charge is 2.33. The summed E-state index contributed by atoms with van der Waals surface area (Å²) in [4.78, 5) is 13.3. The zero-order chi connectivity index (χ0) is 23.9. The Morgan fingerprint density at radius 1 is 1.09 bits per heavy atom. The third-order valence-electron chi connectivity index (χ3n) is 6.28. The molecule has 9 nitrogen and oxygen atoms in total. The van der Waals surface area contributed by atoms with E-state index in [1.54, 1.807) is 23.9 Å². The number of nitrogens with one attached hydrogen (secondary N) is 1. The number of sulfonamides is 1. The number of fused-ring (bicyclic) bond motifs is 2. The van der Waals surface area contributed by atoms with Gasteiger partial charge in [0.2, 0.25) is 16.8 Å². The van der Waals surface area contributed by atoms with Gasteiger partial charge in [-0.15, -0.1) is 0 Å². The molecular weight excluding hydrogens is 456 g/mol. The van der Waals surface area contributed by atoms with Crippen LogP contribution in [0.2, 0.25) is 0 Å². The van der Waals surface area contributed by atoms with Crippen LogP contribution in [-0.4, -0.2) is 41.7 Å². The third-order valence-corrected chi connectivity index (χ3v) is 8.14. The van der Waals surface area contributed by atoms with Crippen LogP contribution in [-0.2, 0) is 43.0 Å². The number of hydrogen-bond donors (Lipinski definition) is 1. The Bertz CT molecular complexity index is 1350. The molecule has 0 spiro atoms. The lowest BCUT2D eigenvalue weighted by Gasteiger charge is -2.27. The average Bonchev–Trinajstić information content (AvgIpc) is 3.46. The minimum atomic E-state index is -3.69. The van der Waals surface area contributed by atoms with E-state index >= 15 is 0 Å². The molecular formula is C24H26N4O5S. The molecule has 2 aromatic carbocycles. The summed E-state index contributed by atoms with van der Waals surface area (Å²) < 4.78 is 40.3. The predicted octanol–water partition coefficient (Wildman–Crippen LogP) is 2.39. The molecule has 2 aliphatic heterocycles. The Labute approximate surface area is 198 Å². The first-order chi connectivity index (χ1) is 16.4. The smallest absolute Gasteiger partial charge is 0.272 e. The maximum atomic E-state index is 13.3. The van der Waals surface area contributed by atoms with Crippen molar-refractivity contribution in [2.45, 2.75) is 37.8 Å². The van der Waals surface area contributed by atoms with E-state index in [9.17, 15) is 13.2 Å². The molecule has 3 aromatic rings. The molecule has 0 aliphatic carbocycles. The molecule has 5 rings (SSSR count). The molecule has 1 N–H and O–H groups in total. The van der Waals surface area contributed by atoms with Crippen LogP contribution in [0.5, 0.6) is 11.5 Å². The van der Waals surface area contributed by atoms with Gasteiger partial charge in [0.25, 0.3) is 5.91 Å². The van der Waals surface area contributed by atoms with Crippen molar-refractivity contribution in [2.75, 3.05) is 13.3 Å². The van der Waals surface area contributed by atoms with E-state index in [0.717, 1.165) is 23.2 Å². The van der Waals surface area contributed by atoms with Gasteiger partial charge >= 0.3 is 0 Å². The van der Waals surface area contributed by atoms with Gasteiger partial charge in [-0.1, -0.05) is 25.1 Å². The summed E-state index contributed by atoms with van der Waals surface area (Å²) in [5.41, 5.74) is 3.71. The summed E-state index contributed by atoms with van der Waals surface area (Å²) in [5, 5.41) is 7.30. The van der Waals surface area contributed by atoms with Crippen molar-refractivity contribution in [3.05, 3.63) is 70.5 Å². The third kappa shape index (κ3) is 4.03. The number of aryl methyl sites for hydroxylation is 2. The quantitative estimate of drug-likeness (QED) is 0.579. The SMILES string of the molecule is CCc1ccc(S(=O)(=O)N2CCc3c(c(C(=O)NCc4ccc5c(c4)OCO5)nn3C)C2)cc1.